The Morgan fingerprint density at radius 3 is 1.72 bits per heavy atom. The van der Waals surface area contributed by atoms with Gasteiger partial charge in [-0.1, -0.05) is 6.08 Å². The Bertz CT molecular complexity index is 484. The van der Waals surface area contributed by atoms with E-state index < -0.39 is 34.0 Å². The highest BCUT2D eigenvalue weighted by atomic mass is 28.4. The molecule has 0 aliphatic carbocycles. The summed E-state index contributed by atoms with van der Waals surface area (Å²) in [5.41, 5.74) is 0. The van der Waals surface area contributed by atoms with E-state index in [-0.39, 0.29) is 0 Å². The molecule has 6 nitrogen and oxygen atoms in total. The number of hydrogen-bond acceptors (Lipinski definition) is 6. The SMILES string of the molecule is C=CCOCC1CO1.C[SiH](C)O[Si](C)(C)C.C[Si](C)(C)O[Si](C)(C)CCCOCC1CO1. The van der Waals surface area contributed by atoms with Crippen LogP contribution in [0, 0.1) is 0 Å². The van der Waals surface area contributed by atoms with Gasteiger partial charge in [0.1, 0.15) is 12.2 Å². The molecule has 192 valence electrons. The van der Waals surface area contributed by atoms with Crippen LogP contribution >= 0.6 is 0 Å². The van der Waals surface area contributed by atoms with Crippen LogP contribution in [0.4, 0.5) is 0 Å². The smallest absolute Gasteiger partial charge is 0.173 e. The summed E-state index contributed by atoms with van der Waals surface area (Å²) in [6.07, 6.45) is 3.64. The largest absolute Gasteiger partial charge is 0.458 e. The first-order valence-electron chi connectivity index (χ1n) is 12.0. The first kappa shape index (κ1) is 32.4. The Hall–Kier alpha value is 0.368. The molecule has 0 spiro atoms. The van der Waals surface area contributed by atoms with Gasteiger partial charge < -0.3 is 27.2 Å². The summed E-state index contributed by atoms with van der Waals surface area (Å²) in [6, 6.07) is 1.20. The number of rotatable bonds is 14. The van der Waals surface area contributed by atoms with Crippen LogP contribution in [0.1, 0.15) is 6.42 Å². The predicted molar refractivity (Wildman–Crippen MR) is 146 cm³/mol. The zero-order valence-corrected chi connectivity index (χ0v) is 26.8. The van der Waals surface area contributed by atoms with Crippen molar-refractivity contribution < 1.29 is 27.2 Å². The number of ether oxygens (including phenoxy) is 4. The van der Waals surface area contributed by atoms with Gasteiger partial charge >= 0.3 is 0 Å². The Labute approximate surface area is 203 Å². The van der Waals surface area contributed by atoms with E-state index in [9.17, 15) is 0 Å². The summed E-state index contributed by atoms with van der Waals surface area (Å²) in [5, 5.41) is 0. The van der Waals surface area contributed by atoms with Gasteiger partial charge in [-0.05, 0) is 77.9 Å². The second-order valence-corrected chi connectivity index (χ2v) is 27.5. The minimum absolute atomic E-state index is 0.384. The highest BCUT2D eigenvalue weighted by Crippen LogP contribution is 2.20. The van der Waals surface area contributed by atoms with Gasteiger partial charge in [0.15, 0.2) is 34.0 Å². The molecule has 10 heteroatoms. The van der Waals surface area contributed by atoms with Gasteiger partial charge in [-0.15, -0.1) is 6.58 Å². The van der Waals surface area contributed by atoms with Crippen molar-refractivity contribution in [3.63, 3.8) is 0 Å². The normalized spacial score (nSPS) is 20.1. The fourth-order valence-corrected chi connectivity index (χ4v) is 16.7. The quantitative estimate of drug-likeness (QED) is 0.134. The molecule has 2 heterocycles. The molecule has 0 N–H and O–H groups in total. The minimum Gasteiger partial charge on any atom is -0.458 e. The topological polar surface area (TPSA) is 62.0 Å². The molecule has 2 aliphatic rings. The first-order valence-corrected chi connectivity index (χ1v) is 24.7. The average Bonchev–Trinajstić information content (AvgIpc) is 3.47. The molecule has 0 aromatic carbocycles. The predicted octanol–water partition coefficient (Wildman–Crippen LogP) is 5.26. The maximum absolute atomic E-state index is 6.26. The van der Waals surface area contributed by atoms with Crippen LogP contribution in [-0.2, 0) is 27.2 Å². The van der Waals surface area contributed by atoms with E-state index >= 15 is 0 Å². The van der Waals surface area contributed by atoms with Gasteiger partial charge in [-0.2, -0.15) is 0 Å². The summed E-state index contributed by atoms with van der Waals surface area (Å²) in [5.74, 6) is 0. The summed E-state index contributed by atoms with van der Waals surface area (Å²) < 4.78 is 32.6. The van der Waals surface area contributed by atoms with E-state index in [1.165, 1.54) is 6.04 Å². The average molecular weight is 525 g/mol. The zero-order valence-electron chi connectivity index (χ0n) is 22.6. The van der Waals surface area contributed by atoms with Gasteiger partial charge in [-0.3, -0.25) is 0 Å². The standard InChI is InChI=1S/C11H26O3Si2.C6H10O2.C5H16OSi2/c1-15(2,3)14-16(4,5)8-6-7-12-9-11-10-13-11;1-2-3-7-4-6-5-8-6;1-7(2)6-8(3,4)5/h11H,6-10H2,1-5H3;2,6H,1,3-5H2;7H,1-5H3. The van der Waals surface area contributed by atoms with E-state index in [1.807, 2.05) is 0 Å². The number of hydrogen-bond donors (Lipinski definition) is 0. The third kappa shape index (κ3) is 26.6. The van der Waals surface area contributed by atoms with Gasteiger partial charge in [0.05, 0.1) is 33.0 Å². The Balaban J connectivity index is 0.000000504. The van der Waals surface area contributed by atoms with Crippen molar-refractivity contribution in [1.29, 1.82) is 0 Å². The molecular formula is C22H52O6Si4. The molecule has 0 aromatic heterocycles. The third-order valence-corrected chi connectivity index (χ3v) is 14.8. The maximum Gasteiger partial charge on any atom is 0.173 e. The van der Waals surface area contributed by atoms with Gasteiger partial charge in [0, 0.05) is 6.61 Å². The summed E-state index contributed by atoms with van der Waals surface area (Å²) >= 11 is 0. The molecule has 32 heavy (non-hydrogen) atoms. The third-order valence-electron chi connectivity index (χ3n) is 3.89. The fraction of sp³-hybridized carbons (Fsp3) is 0.909. The van der Waals surface area contributed by atoms with Gasteiger partial charge in [0.2, 0.25) is 0 Å². The summed E-state index contributed by atoms with van der Waals surface area (Å²) in [7, 11) is -4.71. The van der Waals surface area contributed by atoms with E-state index in [0.717, 1.165) is 39.5 Å². The number of epoxide rings is 2. The van der Waals surface area contributed by atoms with E-state index in [1.54, 1.807) is 6.08 Å². The Morgan fingerprint density at radius 1 is 0.875 bits per heavy atom. The second kappa shape index (κ2) is 16.1. The molecule has 2 unspecified atom stereocenters. The van der Waals surface area contributed by atoms with Crippen LogP contribution < -0.4 is 0 Å². The van der Waals surface area contributed by atoms with E-state index in [0.29, 0.717) is 18.8 Å². The Morgan fingerprint density at radius 2 is 1.38 bits per heavy atom. The van der Waals surface area contributed by atoms with Crippen LogP contribution in [0.5, 0.6) is 0 Å². The van der Waals surface area contributed by atoms with Crippen molar-refractivity contribution >= 4 is 34.0 Å². The zero-order chi connectivity index (χ0) is 24.8. The van der Waals surface area contributed by atoms with E-state index in [4.69, 9.17) is 27.2 Å². The van der Waals surface area contributed by atoms with Crippen molar-refractivity contribution in [1.82, 2.24) is 0 Å². The van der Waals surface area contributed by atoms with Crippen LogP contribution in [0.3, 0.4) is 0 Å². The second-order valence-electron chi connectivity index (χ2n) is 11.2. The first-order chi connectivity index (χ1) is 14.6. The van der Waals surface area contributed by atoms with Crippen molar-refractivity contribution in [2.75, 3.05) is 39.6 Å². The molecule has 0 amide bonds. The lowest BCUT2D eigenvalue weighted by molar-refractivity contribution is 0.116. The highest BCUT2D eigenvalue weighted by Gasteiger charge is 2.29. The lowest BCUT2D eigenvalue weighted by atomic mass is 10.5. The highest BCUT2D eigenvalue weighted by molar-refractivity contribution is 6.84. The lowest BCUT2D eigenvalue weighted by Crippen LogP contribution is -2.42. The van der Waals surface area contributed by atoms with Crippen LogP contribution in [0.25, 0.3) is 0 Å². The fourth-order valence-electron chi connectivity index (χ4n) is 3.01. The van der Waals surface area contributed by atoms with Crippen molar-refractivity contribution in [2.45, 2.75) is 90.1 Å². The van der Waals surface area contributed by atoms with Gasteiger partial charge in [-0.25, -0.2) is 0 Å². The molecule has 0 aromatic rings. The minimum atomic E-state index is -1.45. The van der Waals surface area contributed by atoms with Crippen molar-refractivity contribution in [2.24, 2.45) is 0 Å². The summed E-state index contributed by atoms with van der Waals surface area (Å²) in [4.78, 5) is 0. The molecule has 2 saturated heterocycles. The van der Waals surface area contributed by atoms with Crippen LogP contribution in [0.15, 0.2) is 12.7 Å². The van der Waals surface area contributed by atoms with E-state index in [2.05, 4.69) is 72.0 Å². The molecular weight excluding hydrogens is 473 g/mol. The lowest BCUT2D eigenvalue weighted by Gasteiger charge is -2.31. The van der Waals surface area contributed by atoms with Crippen molar-refractivity contribution in [3.05, 3.63) is 12.7 Å². The molecule has 0 bridgehead atoms. The molecule has 2 aliphatic heterocycles. The maximum atomic E-state index is 6.26. The molecule has 2 rings (SSSR count). The Kier molecular flexibility index (Phi) is 16.3. The van der Waals surface area contributed by atoms with Crippen LogP contribution in [0.2, 0.25) is 71.5 Å². The molecule has 2 fully saturated rings. The molecule has 0 saturated carbocycles. The van der Waals surface area contributed by atoms with Gasteiger partial charge in [0.25, 0.3) is 0 Å². The molecule has 0 radical (unpaired) electrons. The summed E-state index contributed by atoms with van der Waals surface area (Å²) in [6.45, 7) is 30.8. The van der Waals surface area contributed by atoms with Crippen molar-refractivity contribution in [3.8, 4) is 0 Å². The monoisotopic (exact) mass is 524 g/mol. The molecule has 2 atom stereocenters. The van der Waals surface area contributed by atoms with Crippen LogP contribution in [-0.4, -0.2) is 85.8 Å².